The molecule has 32 heavy (non-hydrogen) atoms. The topological polar surface area (TPSA) is 34.7 Å². The van der Waals surface area contributed by atoms with Gasteiger partial charge in [-0.25, -0.2) is 8.78 Å². The minimum atomic E-state index is -0.189. The standard InChI is InChI=1S/C25H30F2N4O/c26-20-3-5-23-22(16-20)19(18-28-23)2-1-7-29-8-10-30(11-9-29)24-6-4-21(27)17-25(24)31-12-14-32-15-13-31/h3-6,16-18,28H,1-2,7-15H2. The Balaban J connectivity index is 1.16. The lowest BCUT2D eigenvalue weighted by Crippen LogP contribution is -2.47. The monoisotopic (exact) mass is 440 g/mol. The molecule has 0 amide bonds. The number of rotatable bonds is 6. The van der Waals surface area contributed by atoms with Crippen LogP contribution in [0.15, 0.2) is 42.6 Å². The van der Waals surface area contributed by atoms with E-state index in [9.17, 15) is 8.78 Å². The fourth-order valence-corrected chi connectivity index (χ4v) is 4.88. The predicted molar refractivity (Wildman–Crippen MR) is 125 cm³/mol. The predicted octanol–water partition coefficient (Wildman–Crippen LogP) is 4.04. The number of H-pyrrole nitrogens is 1. The number of hydrogen-bond donors (Lipinski definition) is 1. The van der Waals surface area contributed by atoms with Gasteiger partial charge in [-0.1, -0.05) is 0 Å². The zero-order chi connectivity index (χ0) is 21.9. The van der Waals surface area contributed by atoms with Gasteiger partial charge in [0.15, 0.2) is 0 Å². The van der Waals surface area contributed by atoms with Gasteiger partial charge in [0, 0.05) is 56.4 Å². The molecule has 2 fully saturated rings. The molecule has 2 aliphatic heterocycles. The highest BCUT2D eigenvalue weighted by atomic mass is 19.1. The fraction of sp³-hybridized carbons (Fsp3) is 0.440. The van der Waals surface area contributed by atoms with Crippen molar-refractivity contribution in [1.29, 1.82) is 0 Å². The Bertz CT molecular complexity index is 1060. The van der Waals surface area contributed by atoms with E-state index in [2.05, 4.69) is 19.7 Å². The number of anilines is 2. The first-order chi connectivity index (χ1) is 15.7. The van der Waals surface area contributed by atoms with E-state index in [4.69, 9.17) is 4.74 Å². The smallest absolute Gasteiger partial charge is 0.125 e. The van der Waals surface area contributed by atoms with Crippen molar-refractivity contribution in [3.63, 3.8) is 0 Å². The third-order valence-corrected chi connectivity index (χ3v) is 6.65. The molecular formula is C25H30F2N4O. The summed E-state index contributed by atoms with van der Waals surface area (Å²) in [5.41, 5.74) is 4.27. The van der Waals surface area contributed by atoms with Crippen molar-refractivity contribution in [3.05, 3.63) is 59.8 Å². The molecule has 7 heteroatoms. The molecule has 2 saturated heterocycles. The fourth-order valence-electron chi connectivity index (χ4n) is 4.88. The highest BCUT2D eigenvalue weighted by Gasteiger charge is 2.23. The van der Waals surface area contributed by atoms with Crippen molar-refractivity contribution in [2.24, 2.45) is 0 Å². The zero-order valence-electron chi connectivity index (χ0n) is 18.3. The molecule has 2 aliphatic rings. The van der Waals surface area contributed by atoms with E-state index < -0.39 is 0 Å². The van der Waals surface area contributed by atoms with Crippen LogP contribution in [-0.4, -0.2) is 68.9 Å². The molecule has 0 radical (unpaired) electrons. The van der Waals surface area contributed by atoms with Crippen LogP contribution in [0.5, 0.6) is 0 Å². The molecule has 0 spiro atoms. The van der Waals surface area contributed by atoms with E-state index in [1.165, 1.54) is 11.6 Å². The first-order valence-corrected chi connectivity index (χ1v) is 11.5. The number of aryl methyl sites for hydroxylation is 1. The maximum Gasteiger partial charge on any atom is 0.125 e. The Morgan fingerprint density at radius 2 is 1.53 bits per heavy atom. The Morgan fingerprint density at radius 3 is 2.34 bits per heavy atom. The van der Waals surface area contributed by atoms with Crippen molar-refractivity contribution >= 4 is 22.3 Å². The second-order valence-electron chi connectivity index (χ2n) is 8.67. The first-order valence-electron chi connectivity index (χ1n) is 11.5. The number of hydrogen-bond acceptors (Lipinski definition) is 4. The van der Waals surface area contributed by atoms with Gasteiger partial charge < -0.3 is 19.5 Å². The van der Waals surface area contributed by atoms with E-state index >= 15 is 0 Å². The van der Waals surface area contributed by atoms with E-state index in [0.29, 0.717) is 13.2 Å². The SMILES string of the molecule is Fc1ccc(N2CCN(CCCc3c[nH]c4ccc(F)cc34)CC2)c(N2CCOCC2)c1. The van der Waals surface area contributed by atoms with Crippen molar-refractivity contribution in [2.45, 2.75) is 12.8 Å². The summed E-state index contributed by atoms with van der Waals surface area (Å²) in [7, 11) is 0. The molecule has 3 heterocycles. The van der Waals surface area contributed by atoms with Gasteiger partial charge in [0.05, 0.1) is 24.6 Å². The van der Waals surface area contributed by atoms with Gasteiger partial charge >= 0.3 is 0 Å². The molecular weight excluding hydrogens is 410 g/mol. The largest absolute Gasteiger partial charge is 0.378 e. The number of nitrogens with one attached hydrogen (secondary N) is 1. The maximum absolute atomic E-state index is 14.0. The van der Waals surface area contributed by atoms with Gasteiger partial charge in [-0.3, -0.25) is 4.90 Å². The van der Waals surface area contributed by atoms with Crippen LogP contribution >= 0.6 is 0 Å². The maximum atomic E-state index is 14.0. The van der Waals surface area contributed by atoms with Gasteiger partial charge in [0.25, 0.3) is 0 Å². The van der Waals surface area contributed by atoms with Crippen LogP contribution < -0.4 is 9.80 Å². The van der Waals surface area contributed by atoms with Crippen LogP contribution in [0.1, 0.15) is 12.0 Å². The molecule has 5 rings (SSSR count). The average molecular weight is 441 g/mol. The normalized spacial score (nSPS) is 17.9. The summed E-state index contributed by atoms with van der Waals surface area (Å²) in [5, 5.41) is 0.988. The number of aromatic nitrogens is 1. The second-order valence-corrected chi connectivity index (χ2v) is 8.67. The summed E-state index contributed by atoms with van der Waals surface area (Å²) in [6.45, 7) is 7.84. The molecule has 0 atom stereocenters. The number of halogens is 2. The highest BCUT2D eigenvalue weighted by Crippen LogP contribution is 2.32. The Labute approximate surface area is 187 Å². The molecule has 0 unspecified atom stereocenters. The molecule has 1 N–H and O–H groups in total. The van der Waals surface area contributed by atoms with Gasteiger partial charge in [-0.05, 0) is 61.3 Å². The van der Waals surface area contributed by atoms with Gasteiger partial charge in [0.2, 0.25) is 0 Å². The number of fused-ring (bicyclic) bond motifs is 1. The molecule has 3 aromatic rings. The molecule has 2 aromatic carbocycles. The second kappa shape index (κ2) is 9.46. The molecule has 0 aliphatic carbocycles. The van der Waals surface area contributed by atoms with E-state index in [1.54, 1.807) is 24.3 Å². The molecule has 5 nitrogen and oxygen atoms in total. The Kier molecular flexibility index (Phi) is 6.28. The van der Waals surface area contributed by atoms with E-state index in [-0.39, 0.29) is 11.6 Å². The Hall–Kier alpha value is -2.64. The summed E-state index contributed by atoms with van der Waals surface area (Å²) in [6, 6.07) is 10.1. The van der Waals surface area contributed by atoms with E-state index in [1.807, 2.05) is 12.3 Å². The molecule has 0 bridgehead atoms. The molecule has 0 saturated carbocycles. The third kappa shape index (κ3) is 4.59. The van der Waals surface area contributed by atoms with Crippen LogP contribution in [0.2, 0.25) is 0 Å². The number of piperazine rings is 1. The summed E-state index contributed by atoms with van der Waals surface area (Å²) >= 11 is 0. The number of morpholine rings is 1. The number of ether oxygens (including phenoxy) is 1. The average Bonchev–Trinajstić information content (AvgIpc) is 3.22. The van der Waals surface area contributed by atoms with Crippen LogP contribution in [0, 0.1) is 11.6 Å². The van der Waals surface area contributed by atoms with Crippen LogP contribution in [0.3, 0.4) is 0 Å². The number of aromatic amines is 1. The van der Waals surface area contributed by atoms with Gasteiger partial charge in [-0.2, -0.15) is 0 Å². The Morgan fingerprint density at radius 1 is 0.812 bits per heavy atom. The highest BCUT2D eigenvalue weighted by molar-refractivity contribution is 5.83. The summed E-state index contributed by atoms with van der Waals surface area (Å²) in [6.07, 6.45) is 3.98. The van der Waals surface area contributed by atoms with Gasteiger partial charge in [0.1, 0.15) is 11.6 Å². The van der Waals surface area contributed by atoms with Crippen molar-refractivity contribution in [1.82, 2.24) is 9.88 Å². The zero-order valence-corrected chi connectivity index (χ0v) is 18.3. The number of nitrogens with zero attached hydrogens (tertiary/aromatic N) is 3. The lowest BCUT2D eigenvalue weighted by molar-refractivity contribution is 0.122. The van der Waals surface area contributed by atoms with E-state index in [0.717, 1.165) is 80.9 Å². The third-order valence-electron chi connectivity index (χ3n) is 6.65. The van der Waals surface area contributed by atoms with Crippen LogP contribution in [0.25, 0.3) is 10.9 Å². The van der Waals surface area contributed by atoms with Gasteiger partial charge in [-0.15, -0.1) is 0 Å². The summed E-state index contributed by atoms with van der Waals surface area (Å²) < 4.78 is 33.1. The lowest BCUT2D eigenvalue weighted by atomic mass is 10.1. The summed E-state index contributed by atoms with van der Waals surface area (Å²) in [5.74, 6) is -0.377. The summed E-state index contributed by atoms with van der Waals surface area (Å²) in [4.78, 5) is 10.3. The van der Waals surface area contributed by atoms with Crippen molar-refractivity contribution in [2.75, 3.05) is 68.8 Å². The minimum Gasteiger partial charge on any atom is -0.378 e. The molecule has 170 valence electrons. The van der Waals surface area contributed by atoms with Crippen molar-refractivity contribution < 1.29 is 13.5 Å². The molecule has 1 aromatic heterocycles. The first kappa shape index (κ1) is 21.2. The lowest BCUT2D eigenvalue weighted by Gasteiger charge is -2.39. The minimum absolute atomic E-state index is 0.188. The quantitative estimate of drug-likeness (QED) is 0.628. The number of benzene rings is 2. The van der Waals surface area contributed by atoms with Crippen molar-refractivity contribution in [3.8, 4) is 0 Å². The van der Waals surface area contributed by atoms with Crippen LogP contribution in [0.4, 0.5) is 20.2 Å². The van der Waals surface area contributed by atoms with Crippen LogP contribution in [-0.2, 0) is 11.2 Å².